The molecule has 1 heterocycles. The van der Waals surface area contributed by atoms with Crippen molar-refractivity contribution in [3.05, 3.63) is 39.2 Å². The number of benzene rings is 1. The highest BCUT2D eigenvalue weighted by molar-refractivity contribution is 6.35. The molecule has 0 amide bonds. The van der Waals surface area contributed by atoms with Gasteiger partial charge in [0, 0.05) is 6.04 Å². The van der Waals surface area contributed by atoms with Crippen molar-refractivity contribution in [3.63, 3.8) is 0 Å². The van der Waals surface area contributed by atoms with Gasteiger partial charge in [0.25, 0.3) is 5.56 Å². The topological polar surface area (TPSA) is 85.3 Å². The van der Waals surface area contributed by atoms with Gasteiger partial charge in [-0.05, 0) is 30.9 Å². The molecule has 1 aromatic carbocycles. The van der Waals surface area contributed by atoms with E-state index in [0.29, 0.717) is 5.82 Å². The molecule has 0 bridgehead atoms. The van der Waals surface area contributed by atoms with Gasteiger partial charge in [-0.25, -0.2) is 9.37 Å². The molecule has 0 radical (unpaired) electrons. The average Bonchev–Trinajstić information content (AvgIpc) is 3.38. The molecular weight excluding hydrogens is 333 g/mol. The lowest BCUT2D eigenvalue weighted by Crippen LogP contribution is -2.34. The van der Waals surface area contributed by atoms with E-state index in [1.807, 2.05) is 0 Å². The van der Waals surface area contributed by atoms with Crippen LogP contribution in [0.2, 0.25) is 5.02 Å². The highest BCUT2D eigenvalue weighted by Gasteiger charge is 2.33. The smallest absolute Gasteiger partial charge is 0.263 e. The molecule has 0 unspecified atom stereocenters. The van der Waals surface area contributed by atoms with E-state index in [9.17, 15) is 9.18 Å². The molecule has 1 fully saturated rings. The number of aliphatic imine (C=N–C) groups is 1. The highest BCUT2D eigenvalue weighted by Crippen LogP contribution is 2.39. The lowest BCUT2D eigenvalue weighted by atomic mass is 10.1. The molecule has 1 saturated carbocycles. The lowest BCUT2D eigenvalue weighted by molar-refractivity contribution is 0.513. The van der Waals surface area contributed by atoms with Crippen LogP contribution >= 0.6 is 11.6 Å². The Morgan fingerprint density at radius 3 is 3.04 bits per heavy atom. The number of nitrogens with zero attached hydrogens (tertiary/aromatic N) is 3. The van der Waals surface area contributed by atoms with Crippen molar-refractivity contribution >= 4 is 28.8 Å². The molecule has 124 valence electrons. The molecular formula is C16H15ClFN5O. The zero-order valence-corrected chi connectivity index (χ0v) is 13.4. The Morgan fingerprint density at radius 2 is 2.38 bits per heavy atom. The van der Waals surface area contributed by atoms with Crippen LogP contribution in [0, 0.1) is 24.2 Å². The van der Waals surface area contributed by atoms with Crippen molar-refractivity contribution in [1.82, 2.24) is 14.9 Å². The number of hydrogen-bond acceptors (Lipinski definition) is 4. The van der Waals surface area contributed by atoms with Crippen LogP contribution in [0.1, 0.15) is 24.7 Å². The van der Waals surface area contributed by atoms with E-state index in [0.717, 1.165) is 25.0 Å². The number of rotatable bonds is 5. The van der Waals surface area contributed by atoms with Crippen LogP contribution in [0.25, 0.3) is 10.9 Å². The van der Waals surface area contributed by atoms with E-state index >= 15 is 0 Å². The Kier molecular flexibility index (Phi) is 4.51. The highest BCUT2D eigenvalue weighted by atomic mass is 35.5. The van der Waals surface area contributed by atoms with Gasteiger partial charge >= 0.3 is 0 Å². The summed E-state index contributed by atoms with van der Waals surface area (Å²) in [5, 5.41) is 2.98. The SMILES string of the molecule is C#CN=CNCn1c([C@@H](N)C2CC2)nc2c(Cl)cc(F)cc2c1=O. The summed E-state index contributed by atoms with van der Waals surface area (Å²) in [4.78, 5) is 20.8. The van der Waals surface area contributed by atoms with Crippen LogP contribution in [0.3, 0.4) is 0 Å². The molecule has 1 aromatic heterocycles. The zero-order valence-electron chi connectivity index (χ0n) is 12.7. The molecule has 0 aliphatic heterocycles. The minimum absolute atomic E-state index is 0.0663. The molecule has 0 spiro atoms. The van der Waals surface area contributed by atoms with E-state index in [1.165, 1.54) is 10.9 Å². The molecule has 2 aromatic rings. The summed E-state index contributed by atoms with van der Waals surface area (Å²) in [7, 11) is 0. The monoisotopic (exact) mass is 347 g/mol. The Labute approximate surface area is 142 Å². The van der Waals surface area contributed by atoms with Gasteiger partial charge in [0.2, 0.25) is 0 Å². The summed E-state index contributed by atoms with van der Waals surface area (Å²) >= 11 is 6.05. The van der Waals surface area contributed by atoms with Crippen LogP contribution in [-0.4, -0.2) is 15.9 Å². The Bertz CT molecular complexity index is 913. The van der Waals surface area contributed by atoms with Crippen molar-refractivity contribution < 1.29 is 4.39 Å². The van der Waals surface area contributed by atoms with E-state index in [2.05, 4.69) is 21.3 Å². The summed E-state index contributed by atoms with van der Waals surface area (Å²) in [6.45, 7) is 0.0663. The maximum Gasteiger partial charge on any atom is 0.263 e. The second-order valence-corrected chi connectivity index (χ2v) is 6.01. The number of fused-ring (bicyclic) bond motifs is 1. The third kappa shape index (κ3) is 3.11. The first-order chi connectivity index (χ1) is 11.5. The van der Waals surface area contributed by atoms with Crippen LogP contribution in [0.15, 0.2) is 21.9 Å². The van der Waals surface area contributed by atoms with Gasteiger partial charge < -0.3 is 11.1 Å². The molecule has 6 nitrogen and oxygen atoms in total. The first kappa shape index (κ1) is 16.4. The first-order valence-electron chi connectivity index (χ1n) is 7.38. The normalized spacial score (nSPS) is 15.6. The second kappa shape index (κ2) is 6.59. The summed E-state index contributed by atoms with van der Waals surface area (Å²) in [5.41, 5.74) is 6.07. The van der Waals surface area contributed by atoms with Crippen molar-refractivity contribution in [3.8, 4) is 12.5 Å². The largest absolute Gasteiger partial charge is 0.358 e. The second-order valence-electron chi connectivity index (χ2n) is 5.60. The lowest BCUT2D eigenvalue weighted by Gasteiger charge is -2.18. The molecule has 3 N–H and O–H groups in total. The van der Waals surface area contributed by atoms with Crippen LogP contribution < -0.4 is 16.6 Å². The van der Waals surface area contributed by atoms with Gasteiger partial charge in [0.1, 0.15) is 18.0 Å². The van der Waals surface area contributed by atoms with Crippen molar-refractivity contribution in [1.29, 1.82) is 0 Å². The van der Waals surface area contributed by atoms with Crippen LogP contribution in [0.4, 0.5) is 4.39 Å². The van der Waals surface area contributed by atoms with Crippen molar-refractivity contribution in [2.24, 2.45) is 16.6 Å². The third-order valence-electron chi connectivity index (χ3n) is 3.91. The number of nitrogens with two attached hydrogens (primary N) is 1. The van der Waals surface area contributed by atoms with Crippen molar-refractivity contribution in [2.75, 3.05) is 0 Å². The summed E-state index contributed by atoms with van der Waals surface area (Å²) in [6.07, 6.45) is 8.29. The molecule has 1 aliphatic rings. The molecule has 8 heteroatoms. The van der Waals surface area contributed by atoms with Gasteiger partial charge in [0.05, 0.1) is 28.6 Å². The number of hydrogen-bond donors (Lipinski definition) is 2. The van der Waals surface area contributed by atoms with E-state index in [4.69, 9.17) is 23.8 Å². The minimum atomic E-state index is -0.598. The zero-order chi connectivity index (χ0) is 17.3. The fraction of sp³-hybridized carbons (Fsp3) is 0.312. The number of terminal acetylenes is 1. The van der Waals surface area contributed by atoms with E-state index < -0.39 is 17.4 Å². The fourth-order valence-corrected chi connectivity index (χ4v) is 2.80. The minimum Gasteiger partial charge on any atom is -0.358 e. The summed E-state index contributed by atoms with van der Waals surface area (Å²) in [6, 6.07) is 3.95. The molecule has 1 aliphatic carbocycles. The van der Waals surface area contributed by atoms with Gasteiger partial charge in [-0.3, -0.25) is 9.36 Å². The van der Waals surface area contributed by atoms with Crippen LogP contribution in [0.5, 0.6) is 0 Å². The predicted octanol–water partition coefficient (Wildman–Crippen LogP) is 1.76. The quantitative estimate of drug-likeness (QED) is 0.490. The molecule has 0 saturated heterocycles. The van der Waals surface area contributed by atoms with E-state index in [1.54, 1.807) is 0 Å². The predicted molar refractivity (Wildman–Crippen MR) is 91.1 cm³/mol. The van der Waals surface area contributed by atoms with Gasteiger partial charge in [-0.2, -0.15) is 4.99 Å². The molecule has 3 rings (SSSR count). The van der Waals surface area contributed by atoms with Crippen molar-refractivity contribution in [2.45, 2.75) is 25.6 Å². The Morgan fingerprint density at radius 1 is 1.62 bits per heavy atom. The number of halogens is 2. The Balaban J connectivity index is 2.15. The Hall–Kier alpha value is -2.43. The number of aromatic nitrogens is 2. The number of nitrogens with one attached hydrogen (secondary N) is 1. The third-order valence-corrected chi connectivity index (χ3v) is 4.20. The summed E-state index contributed by atoms with van der Waals surface area (Å²) < 4.78 is 15.0. The van der Waals surface area contributed by atoms with Gasteiger partial charge in [0.15, 0.2) is 0 Å². The maximum absolute atomic E-state index is 13.6. The van der Waals surface area contributed by atoms with E-state index in [-0.39, 0.29) is 28.5 Å². The summed E-state index contributed by atoms with van der Waals surface area (Å²) in [5.74, 6) is 0.0864. The van der Waals surface area contributed by atoms with Gasteiger partial charge in [-0.1, -0.05) is 18.0 Å². The maximum atomic E-state index is 13.6. The average molecular weight is 348 g/mol. The fourth-order valence-electron chi connectivity index (χ4n) is 2.56. The standard InChI is InChI=1S/C16H15ClFN5O/c1-2-20-7-21-8-23-15(13(19)9-3-4-9)22-14-11(16(23)24)5-10(18)6-12(14)17/h1,5-7,9,13H,3-4,8,19H2,(H,20,21)/t13-/m0/s1. The van der Waals surface area contributed by atoms with Gasteiger partial charge in [-0.15, -0.1) is 0 Å². The molecule has 24 heavy (non-hydrogen) atoms. The van der Waals surface area contributed by atoms with Crippen LogP contribution in [-0.2, 0) is 6.67 Å². The first-order valence-corrected chi connectivity index (χ1v) is 7.76. The molecule has 1 atom stereocenters.